The predicted octanol–water partition coefficient (Wildman–Crippen LogP) is 4.07. The zero-order chi connectivity index (χ0) is 29.8. The largest absolute Gasteiger partial charge is 0.393 e. The van der Waals surface area contributed by atoms with Crippen molar-refractivity contribution in [2.24, 2.45) is 0 Å². The SMILES string of the molecule is CN(C)C(=O)c1cc(NCc2cn(-c3cccc(NC(=O)c4cc(F)cc(F)c4)c3)nn2)ccc1N1CCC(O)CC1. The maximum atomic E-state index is 13.5. The second kappa shape index (κ2) is 12.4. The molecule has 5 rings (SSSR count). The summed E-state index contributed by atoms with van der Waals surface area (Å²) in [7, 11) is 3.43. The van der Waals surface area contributed by atoms with E-state index in [2.05, 4.69) is 25.8 Å². The summed E-state index contributed by atoms with van der Waals surface area (Å²) in [5.41, 5.74) is 3.69. The molecule has 218 valence electrons. The van der Waals surface area contributed by atoms with Crippen LogP contribution in [0.25, 0.3) is 5.69 Å². The van der Waals surface area contributed by atoms with E-state index in [0.29, 0.717) is 61.2 Å². The molecule has 12 heteroatoms. The van der Waals surface area contributed by atoms with E-state index in [1.807, 2.05) is 18.2 Å². The molecule has 0 aliphatic carbocycles. The van der Waals surface area contributed by atoms with Crippen molar-refractivity contribution in [2.45, 2.75) is 25.5 Å². The van der Waals surface area contributed by atoms with Gasteiger partial charge in [0.1, 0.15) is 17.3 Å². The summed E-state index contributed by atoms with van der Waals surface area (Å²) in [6, 6.07) is 15.1. The number of nitrogens with one attached hydrogen (secondary N) is 2. The maximum Gasteiger partial charge on any atom is 0.255 e. The highest BCUT2D eigenvalue weighted by atomic mass is 19.1. The number of benzene rings is 3. The molecule has 42 heavy (non-hydrogen) atoms. The molecule has 2 heterocycles. The second-order valence-corrected chi connectivity index (χ2v) is 10.3. The molecule has 0 radical (unpaired) electrons. The van der Waals surface area contributed by atoms with Gasteiger partial charge in [-0.3, -0.25) is 9.59 Å². The first-order chi connectivity index (χ1) is 20.2. The van der Waals surface area contributed by atoms with E-state index in [9.17, 15) is 23.5 Å². The number of hydrogen-bond acceptors (Lipinski definition) is 7. The summed E-state index contributed by atoms with van der Waals surface area (Å²) >= 11 is 0. The van der Waals surface area contributed by atoms with Gasteiger partial charge in [-0.1, -0.05) is 11.3 Å². The number of carbonyl (C=O) groups excluding carboxylic acids is 2. The van der Waals surface area contributed by atoms with Crippen LogP contribution in [0.15, 0.2) is 66.9 Å². The fourth-order valence-electron chi connectivity index (χ4n) is 4.75. The topological polar surface area (TPSA) is 116 Å². The lowest BCUT2D eigenvalue weighted by molar-refractivity contribution is 0.0827. The van der Waals surface area contributed by atoms with Gasteiger partial charge in [0.25, 0.3) is 11.8 Å². The van der Waals surface area contributed by atoms with Gasteiger partial charge in [-0.2, -0.15) is 0 Å². The van der Waals surface area contributed by atoms with E-state index in [0.717, 1.165) is 23.5 Å². The van der Waals surface area contributed by atoms with Crippen molar-refractivity contribution < 1.29 is 23.5 Å². The third-order valence-corrected chi connectivity index (χ3v) is 6.95. The molecule has 3 aromatic carbocycles. The van der Waals surface area contributed by atoms with Crippen LogP contribution in [0.4, 0.5) is 25.8 Å². The van der Waals surface area contributed by atoms with Gasteiger partial charge >= 0.3 is 0 Å². The minimum atomic E-state index is -0.836. The van der Waals surface area contributed by atoms with E-state index in [1.165, 1.54) is 0 Å². The van der Waals surface area contributed by atoms with Gasteiger partial charge in [-0.05, 0) is 61.4 Å². The maximum absolute atomic E-state index is 13.5. The van der Waals surface area contributed by atoms with Crippen LogP contribution < -0.4 is 15.5 Å². The number of aromatic nitrogens is 3. The van der Waals surface area contributed by atoms with Gasteiger partial charge in [0, 0.05) is 55.9 Å². The monoisotopic (exact) mass is 575 g/mol. The molecule has 1 aromatic heterocycles. The third-order valence-electron chi connectivity index (χ3n) is 6.95. The summed E-state index contributed by atoms with van der Waals surface area (Å²) in [6.07, 6.45) is 2.74. The first-order valence-corrected chi connectivity index (χ1v) is 13.5. The fraction of sp³-hybridized carbons (Fsp3) is 0.267. The smallest absolute Gasteiger partial charge is 0.255 e. The molecule has 3 N–H and O–H groups in total. The zero-order valence-corrected chi connectivity index (χ0v) is 23.2. The summed E-state index contributed by atoms with van der Waals surface area (Å²) in [5.74, 6) is -2.43. The Balaban J connectivity index is 1.27. The molecule has 1 aliphatic heterocycles. The molecule has 0 spiro atoms. The Labute approximate surface area is 241 Å². The van der Waals surface area contributed by atoms with Crippen molar-refractivity contribution in [1.29, 1.82) is 0 Å². The molecule has 2 amide bonds. The number of aliphatic hydroxyl groups is 1. The van der Waals surface area contributed by atoms with E-state index in [1.54, 1.807) is 54.1 Å². The van der Waals surface area contributed by atoms with Gasteiger partial charge in [0.2, 0.25) is 0 Å². The van der Waals surface area contributed by atoms with Crippen LogP contribution >= 0.6 is 0 Å². The Morgan fingerprint density at radius 1 is 1.00 bits per heavy atom. The molecule has 0 bridgehead atoms. The van der Waals surface area contributed by atoms with Crippen molar-refractivity contribution in [3.05, 3.63) is 95.3 Å². The van der Waals surface area contributed by atoms with Crippen LogP contribution in [0, 0.1) is 11.6 Å². The fourth-order valence-corrected chi connectivity index (χ4v) is 4.75. The van der Waals surface area contributed by atoms with Gasteiger partial charge < -0.3 is 25.5 Å². The number of carbonyl (C=O) groups is 2. The lowest BCUT2D eigenvalue weighted by Crippen LogP contribution is -2.37. The van der Waals surface area contributed by atoms with Crippen LogP contribution in [0.5, 0.6) is 0 Å². The molecular formula is C30H31F2N7O3. The highest BCUT2D eigenvalue weighted by Gasteiger charge is 2.23. The number of anilines is 3. The number of piperidine rings is 1. The zero-order valence-electron chi connectivity index (χ0n) is 23.2. The van der Waals surface area contributed by atoms with Gasteiger partial charge in [-0.25, -0.2) is 13.5 Å². The molecule has 4 aromatic rings. The summed E-state index contributed by atoms with van der Waals surface area (Å²) < 4.78 is 28.6. The van der Waals surface area contributed by atoms with Crippen molar-refractivity contribution in [2.75, 3.05) is 42.7 Å². The van der Waals surface area contributed by atoms with E-state index < -0.39 is 17.5 Å². The standard InChI is InChI=1S/C30H31F2N7O3/c1-37(2)30(42)27-16-22(6-7-28(27)38-10-8-26(40)9-11-38)33-17-24-18-39(36-35-24)25-5-3-4-23(15-25)34-29(41)19-12-20(31)14-21(32)13-19/h3-7,12-16,18,26,33,40H,8-11,17H2,1-2H3,(H,34,41). The number of halogens is 2. The van der Waals surface area contributed by atoms with Crippen molar-refractivity contribution in [3.63, 3.8) is 0 Å². The quantitative estimate of drug-likeness (QED) is 0.290. The minimum absolute atomic E-state index is 0.111. The molecule has 10 nitrogen and oxygen atoms in total. The highest BCUT2D eigenvalue weighted by Crippen LogP contribution is 2.28. The molecule has 0 saturated carbocycles. The average Bonchev–Trinajstić information content (AvgIpc) is 3.45. The lowest BCUT2D eigenvalue weighted by Gasteiger charge is -2.33. The van der Waals surface area contributed by atoms with Crippen molar-refractivity contribution >= 4 is 28.9 Å². The molecule has 1 saturated heterocycles. The van der Waals surface area contributed by atoms with Crippen LogP contribution in [0.2, 0.25) is 0 Å². The predicted molar refractivity (Wildman–Crippen MR) is 155 cm³/mol. The number of hydrogen-bond donors (Lipinski definition) is 3. The van der Waals surface area contributed by atoms with Crippen molar-refractivity contribution in [1.82, 2.24) is 19.9 Å². The summed E-state index contributed by atoms with van der Waals surface area (Å²) in [5, 5.41) is 24.2. The Hall–Kier alpha value is -4.84. The Kier molecular flexibility index (Phi) is 8.43. The van der Waals surface area contributed by atoms with Crippen LogP contribution in [0.1, 0.15) is 39.3 Å². The van der Waals surface area contributed by atoms with E-state index in [4.69, 9.17) is 0 Å². The first kappa shape index (κ1) is 28.7. The second-order valence-electron chi connectivity index (χ2n) is 10.3. The number of aliphatic hydroxyl groups excluding tert-OH is 1. The lowest BCUT2D eigenvalue weighted by atomic mass is 10.0. The van der Waals surface area contributed by atoms with Crippen molar-refractivity contribution in [3.8, 4) is 5.69 Å². The van der Waals surface area contributed by atoms with E-state index >= 15 is 0 Å². The number of nitrogens with zero attached hydrogens (tertiary/aromatic N) is 5. The van der Waals surface area contributed by atoms with Crippen LogP contribution in [-0.2, 0) is 6.54 Å². The molecule has 1 aliphatic rings. The Bertz CT molecular complexity index is 1580. The summed E-state index contributed by atoms with van der Waals surface area (Å²) in [6.45, 7) is 1.70. The molecule has 1 fully saturated rings. The number of rotatable bonds is 8. The highest BCUT2D eigenvalue weighted by molar-refractivity contribution is 6.04. The molecule has 0 atom stereocenters. The van der Waals surface area contributed by atoms with E-state index in [-0.39, 0.29) is 17.6 Å². The number of amides is 2. The first-order valence-electron chi connectivity index (χ1n) is 13.5. The average molecular weight is 576 g/mol. The van der Waals surface area contributed by atoms with Crippen LogP contribution in [-0.4, -0.2) is 70.1 Å². The third kappa shape index (κ3) is 6.72. The van der Waals surface area contributed by atoms with Gasteiger partial charge in [0.05, 0.1) is 30.1 Å². The molecular weight excluding hydrogens is 544 g/mol. The Morgan fingerprint density at radius 3 is 2.45 bits per heavy atom. The normalized spacial score (nSPS) is 13.6. The Morgan fingerprint density at radius 2 is 1.74 bits per heavy atom. The summed E-state index contributed by atoms with van der Waals surface area (Å²) in [4.78, 5) is 29.2. The minimum Gasteiger partial charge on any atom is -0.393 e. The van der Waals surface area contributed by atoms with Gasteiger partial charge in [-0.15, -0.1) is 5.10 Å². The van der Waals surface area contributed by atoms with Crippen LogP contribution in [0.3, 0.4) is 0 Å². The van der Waals surface area contributed by atoms with Gasteiger partial charge in [0.15, 0.2) is 0 Å². The molecule has 0 unspecified atom stereocenters.